The molecule has 0 bridgehead atoms. The normalized spacial score (nSPS) is 17.8. The second-order valence-electron chi connectivity index (χ2n) is 5.52. The number of nitrogens with zero attached hydrogens (tertiary/aromatic N) is 3. The molecule has 1 fully saturated rings. The van der Waals surface area contributed by atoms with Crippen LogP contribution in [0.1, 0.15) is 29.0 Å². The van der Waals surface area contributed by atoms with Crippen LogP contribution in [0.4, 0.5) is 0 Å². The van der Waals surface area contributed by atoms with Crippen molar-refractivity contribution in [2.45, 2.75) is 25.9 Å². The standard InChI is InChI=1S/C16H18N4O3/c1-11-17-7-5-15(19-11)23-13-3-2-8-20(10-13)16(22)12-4-6-18-14(21)9-12/h4-7,9,13H,2-3,8,10H2,1H3,(H,18,21). The highest BCUT2D eigenvalue weighted by molar-refractivity contribution is 5.94. The van der Waals surface area contributed by atoms with Gasteiger partial charge >= 0.3 is 0 Å². The van der Waals surface area contributed by atoms with E-state index >= 15 is 0 Å². The van der Waals surface area contributed by atoms with Gasteiger partial charge in [-0.25, -0.2) is 4.98 Å². The van der Waals surface area contributed by atoms with E-state index in [1.54, 1.807) is 30.2 Å². The first-order valence-corrected chi connectivity index (χ1v) is 7.56. The average Bonchev–Trinajstić information content (AvgIpc) is 2.54. The molecule has 3 rings (SSSR count). The van der Waals surface area contributed by atoms with Crippen molar-refractivity contribution in [3.05, 3.63) is 52.3 Å². The Hall–Kier alpha value is -2.70. The van der Waals surface area contributed by atoms with E-state index in [9.17, 15) is 9.59 Å². The number of hydrogen-bond acceptors (Lipinski definition) is 5. The first kappa shape index (κ1) is 15.2. The van der Waals surface area contributed by atoms with Gasteiger partial charge in [-0.15, -0.1) is 0 Å². The highest BCUT2D eigenvalue weighted by Crippen LogP contribution is 2.18. The number of amides is 1. The molecule has 7 heteroatoms. The number of ether oxygens (including phenoxy) is 1. The number of pyridine rings is 1. The number of likely N-dealkylation sites (tertiary alicyclic amines) is 1. The predicted molar refractivity (Wildman–Crippen MR) is 83.4 cm³/mol. The van der Waals surface area contributed by atoms with E-state index in [4.69, 9.17) is 4.74 Å². The zero-order valence-corrected chi connectivity index (χ0v) is 12.9. The molecule has 1 aliphatic rings. The number of piperidine rings is 1. The Morgan fingerprint density at radius 1 is 1.43 bits per heavy atom. The Morgan fingerprint density at radius 2 is 2.30 bits per heavy atom. The van der Waals surface area contributed by atoms with E-state index in [-0.39, 0.29) is 17.6 Å². The molecule has 0 radical (unpaired) electrons. The van der Waals surface area contributed by atoms with Gasteiger partial charge in [-0.2, -0.15) is 4.98 Å². The lowest BCUT2D eigenvalue weighted by atomic mass is 10.1. The van der Waals surface area contributed by atoms with Crippen molar-refractivity contribution >= 4 is 5.91 Å². The molecule has 23 heavy (non-hydrogen) atoms. The number of aromatic nitrogens is 3. The molecule has 2 aromatic heterocycles. The summed E-state index contributed by atoms with van der Waals surface area (Å²) in [6.07, 6.45) is 4.74. The maximum absolute atomic E-state index is 12.5. The van der Waals surface area contributed by atoms with Crippen LogP contribution in [-0.4, -0.2) is 45.0 Å². The van der Waals surface area contributed by atoms with E-state index in [1.165, 1.54) is 12.3 Å². The summed E-state index contributed by atoms with van der Waals surface area (Å²) in [7, 11) is 0. The van der Waals surface area contributed by atoms with Crippen LogP contribution in [0, 0.1) is 6.92 Å². The first-order chi connectivity index (χ1) is 11.1. The molecule has 120 valence electrons. The minimum atomic E-state index is -0.280. The van der Waals surface area contributed by atoms with Crippen molar-refractivity contribution in [2.75, 3.05) is 13.1 Å². The fourth-order valence-electron chi connectivity index (χ4n) is 2.65. The van der Waals surface area contributed by atoms with Crippen molar-refractivity contribution in [3.8, 4) is 5.88 Å². The maximum atomic E-state index is 12.5. The summed E-state index contributed by atoms with van der Waals surface area (Å²) in [6, 6.07) is 4.65. The second-order valence-corrected chi connectivity index (χ2v) is 5.52. The van der Waals surface area contributed by atoms with Gasteiger partial charge in [0.15, 0.2) is 0 Å². The van der Waals surface area contributed by atoms with E-state index in [0.29, 0.717) is 30.4 Å². The Morgan fingerprint density at radius 3 is 3.09 bits per heavy atom. The predicted octanol–water partition coefficient (Wildman–Crippen LogP) is 1.16. The average molecular weight is 314 g/mol. The summed E-state index contributed by atoms with van der Waals surface area (Å²) < 4.78 is 5.86. The number of carbonyl (C=O) groups excluding carboxylic acids is 1. The van der Waals surface area contributed by atoms with Gasteiger partial charge in [0.05, 0.1) is 6.54 Å². The third-order valence-electron chi connectivity index (χ3n) is 3.73. The lowest BCUT2D eigenvalue weighted by Crippen LogP contribution is -2.44. The van der Waals surface area contributed by atoms with Crippen molar-refractivity contribution in [1.29, 1.82) is 0 Å². The molecule has 2 aromatic rings. The zero-order valence-electron chi connectivity index (χ0n) is 12.9. The minimum absolute atomic E-state index is 0.107. The van der Waals surface area contributed by atoms with Gasteiger partial charge in [-0.1, -0.05) is 0 Å². The van der Waals surface area contributed by atoms with Crippen LogP contribution in [0.2, 0.25) is 0 Å². The fraction of sp³-hybridized carbons (Fsp3) is 0.375. The van der Waals surface area contributed by atoms with Crippen molar-refractivity contribution in [3.63, 3.8) is 0 Å². The van der Waals surface area contributed by atoms with Crippen LogP contribution in [0.15, 0.2) is 35.4 Å². The molecule has 0 aliphatic carbocycles. The molecular formula is C16H18N4O3. The third kappa shape index (κ3) is 3.74. The quantitative estimate of drug-likeness (QED) is 0.918. The van der Waals surface area contributed by atoms with Gasteiger partial charge in [0.25, 0.3) is 5.91 Å². The van der Waals surface area contributed by atoms with Crippen molar-refractivity contribution in [2.24, 2.45) is 0 Å². The number of aromatic amines is 1. The molecule has 1 unspecified atom stereocenters. The molecular weight excluding hydrogens is 296 g/mol. The number of aryl methyl sites for hydroxylation is 1. The third-order valence-corrected chi connectivity index (χ3v) is 3.73. The summed E-state index contributed by atoms with van der Waals surface area (Å²) in [6.45, 7) is 2.94. The number of carbonyl (C=O) groups is 1. The van der Waals surface area contributed by atoms with Crippen LogP contribution in [0.3, 0.4) is 0 Å². The molecule has 1 aliphatic heterocycles. The summed E-state index contributed by atoms with van der Waals surface area (Å²) in [5, 5.41) is 0. The van der Waals surface area contributed by atoms with Crippen LogP contribution < -0.4 is 10.3 Å². The number of nitrogens with one attached hydrogen (secondary N) is 1. The lowest BCUT2D eigenvalue weighted by Gasteiger charge is -2.32. The van der Waals surface area contributed by atoms with Crippen LogP contribution in [0.5, 0.6) is 5.88 Å². The second kappa shape index (κ2) is 6.60. The first-order valence-electron chi connectivity index (χ1n) is 7.56. The largest absolute Gasteiger partial charge is 0.472 e. The number of rotatable bonds is 3. The zero-order chi connectivity index (χ0) is 16.2. The molecule has 1 amide bonds. The van der Waals surface area contributed by atoms with Crippen LogP contribution in [-0.2, 0) is 0 Å². The van der Waals surface area contributed by atoms with Crippen molar-refractivity contribution in [1.82, 2.24) is 19.9 Å². The smallest absolute Gasteiger partial charge is 0.254 e. The van der Waals surface area contributed by atoms with Crippen molar-refractivity contribution < 1.29 is 9.53 Å². The van der Waals surface area contributed by atoms with Gasteiger partial charge in [0.1, 0.15) is 11.9 Å². The van der Waals surface area contributed by atoms with E-state index in [0.717, 1.165) is 12.8 Å². The highest BCUT2D eigenvalue weighted by atomic mass is 16.5. The SMILES string of the molecule is Cc1nccc(OC2CCCN(C(=O)c3cc[nH]c(=O)c3)C2)n1. The van der Waals surface area contributed by atoms with Crippen LogP contribution in [0.25, 0.3) is 0 Å². The van der Waals surface area contributed by atoms with Gasteiger partial charge in [-0.3, -0.25) is 9.59 Å². The van der Waals surface area contributed by atoms with E-state index in [2.05, 4.69) is 15.0 Å². The Bertz CT molecular complexity index is 759. The van der Waals surface area contributed by atoms with Gasteiger partial charge in [-0.05, 0) is 25.8 Å². The molecule has 7 nitrogen and oxygen atoms in total. The molecule has 0 aromatic carbocycles. The summed E-state index contributed by atoms with van der Waals surface area (Å²) in [4.78, 5) is 36.3. The Labute approximate surface area is 133 Å². The van der Waals surface area contributed by atoms with Gasteiger partial charge in [0.2, 0.25) is 11.4 Å². The summed E-state index contributed by atoms with van der Waals surface area (Å²) in [5.74, 6) is 1.02. The lowest BCUT2D eigenvalue weighted by molar-refractivity contribution is 0.0527. The van der Waals surface area contributed by atoms with E-state index in [1.807, 2.05) is 0 Å². The van der Waals surface area contributed by atoms with Gasteiger partial charge in [0, 0.05) is 36.6 Å². The summed E-state index contributed by atoms with van der Waals surface area (Å²) in [5.41, 5.74) is 0.115. The minimum Gasteiger partial charge on any atom is -0.472 e. The molecule has 1 saturated heterocycles. The summed E-state index contributed by atoms with van der Waals surface area (Å²) >= 11 is 0. The molecule has 0 saturated carbocycles. The fourth-order valence-corrected chi connectivity index (χ4v) is 2.65. The topological polar surface area (TPSA) is 88.2 Å². The number of H-pyrrole nitrogens is 1. The monoisotopic (exact) mass is 314 g/mol. The molecule has 1 atom stereocenters. The van der Waals surface area contributed by atoms with Crippen LogP contribution >= 0.6 is 0 Å². The highest BCUT2D eigenvalue weighted by Gasteiger charge is 2.26. The molecule has 0 spiro atoms. The molecule has 1 N–H and O–H groups in total. The Kier molecular flexibility index (Phi) is 4.36. The van der Waals surface area contributed by atoms with Gasteiger partial charge < -0.3 is 14.6 Å². The maximum Gasteiger partial charge on any atom is 0.254 e. The Balaban J connectivity index is 1.68. The van der Waals surface area contributed by atoms with E-state index < -0.39 is 0 Å². The number of hydrogen-bond donors (Lipinski definition) is 1. The molecule has 3 heterocycles.